The molecule has 1 atom stereocenters. The lowest BCUT2D eigenvalue weighted by atomic mass is 10.1. The molecule has 6 nitrogen and oxygen atoms in total. The van der Waals surface area contributed by atoms with Crippen LogP contribution < -0.4 is 0 Å². The van der Waals surface area contributed by atoms with Gasteiger partial charge in [0.05, 0.1) is 12.3 Å². The van der Waals surface area contributed by atoms with Crippen LogP contribution in [0, 0.1) is 6.92 Å². The summed E-state index contributed by atoms with van der Waals surface area (Å²) in [5.74, 6) is 2.16. The zero-order chi connectivity index (χ0) is 12.5. The first-order valence-electron chi connectivity index (χ1n) is 6.16. The lowest BCUT2D eigenvalue weighted by molar-refractivity contribution is 0.192. The van der Waals surface area contributed by atoms with Crippen LogP contribution in [0.4, 0.5) is 0 Å². The van der Waals surface area contributed by atoms with E-state index >= 15 is 0 Å². The molecule has 0 radical (unpaired) electrons. The van der Waals surface area contributed by atoms with E-state index in [1.165, 1.54) is 0 Å². The van der Waals surface area contributed by atoms with Crippen LogP contribution in [0.1, 0.15) is 36.5 Å². The van der Waals surface area contributed by atoms with Crippen molar-refractivity contribution in [3.05, 3.63) is 17.3 Å². The molecule has 1 aliphatic rings. The Morgan fingerprint density at radius 2 is 2.17 bits per heavy atom. The third kappa shape index (κ3) is 1.82. The Morgan fingerprint density at radius 1 is 1.28 bits per heavy atom. The van der Waals surface area contributed by atoms with Gasteiger partial charge in [-0.15, -0.1) is 0 Å². The number of aromatic nitrogens is 3. The maximum Gasteiger partial charge on any atom is 0.263 e. The first-order chi connectivity index (χ1) is 8.79. The van der Waals surface area contributed by atoms with E-state index in [0.29, 0.717) is 24.1 Å². The Bertz CT molecular complexity index is 541. The minimum Gasteiger partial charge on any atom is -0.381 e. The second-order valence-corrected chi connectivity index (χ2v) is 4.43. The molecule has 0 aliphatic carbocycles. The topological polar surface area (TPSA) is 74.2 Å². The summed E-state index contributed by atoms with van der Waals surface area (Å²) in [6.07, 6.45) is 1.72. The number of ether oxygens (including phenoxy) is 1. The summed E-state index contributed by atoms with van der Waals surface area (Å²) in [5, 5.41) is 8.03. The van der Waals surface area contributed by atoms with E-state index in [1.807, 2.05) is 13.8 Å². The molecule has 0 bridgehead atoms. The first-order valence-corrected chi connectivity index (χ1v) is 6.16. The van der Waals surface area contributed by atoms with Gasteiger partial charge in [-0.25, -0.2) is 0 Å². The van der Waals surface area contributed by atoms with E-state index in [1.54, 1.807) is 0 Å². The molecule has 1 saturated heterocycles. The average Bonchev–Trinajstić information content (AvgIpc) is 3.07. The summed E-state index contributed by atoms with van der Waals surface area (Å²) < 4.78 is 15.8. The monoisotopic (exact) mass is 249 g/mol. The van der Waals surface area contributed by atoms with Gasteiger partial charge < -0.3 is 13.8 Å². The molecule has 0 N–H and O–H groups in total. The molecule has 0 spiro atoms. The molecule has 1 aliphatic heterocycles. The van der Waals surface area contributed by atoms with Gasteiger partial charge in [-0.2, -0.15) is 4.98 Å². The molecule has 3 rings (SSSR count). The smallest absolute Gasteiger partial charge is 0.263 e. The Balaban J connectivity index is 1.94. The number of nitrogens with zero attached hydrogens (tertiary/aromatic N) is 3. The lowest BCUT2D eigenvalue weighted by Gasteiger charge is -1.97. The van der Waals surface area contributed by atoms with Crippen LogP contribution in [-0.2, 0) is 11.2 Å². The first kappa shape index (κ1) is 11.4. The standard InChI is InChI=1S/C12H15N3O3/c1-3-9-10(7(2)17-14-9)12-13-11(15-18-12)8-4-5-16-6-8/h8H,3-6H2,1-2H3. The van der Waals surface area contributed by atoms with E-state index < -0.39 is 0 Å². The van der Waals surface area contributed by atoms with E-state index in [-0.39, 0.29) is 5.92 Å². The summed E-state index contributed by atoms with van der Waals surface area (Å²) in [6, 6.07) is 0. The second kappa shape index (κ2) is 4.53. The molecule has 1 unspecified atom stereocenters. The average molecular weight is 249 g/mol. The second-order valence-electron chi connectivity index (χ2n) is 4.43. The van der Waals surface area contributed by atoms with Crippen molar-refractivity contribution >= 4 is 0 Å². The van der Waals surface area contributed by atoms with Crippen molar-refractivity contribution < 1.29 is 13.8 Å². The van der Waals surface area contributed by atoms with Gasteiger partial charge >= 0.3 is 0 Å². The third-order valence-corrected chi connectivity index (χ3v) is 3.22. The summed E-state index contributed by atoms with van der Waals surface area (Å²) >= 11 is 0. The quantitative estimate of drug-likeness (QED) is 0.829. The van der Waals surface area contributed by atoms with Gasteiger partial charge in [-0.1, -0.05) is 17.2 Å². The number of hydrogen-bond acceptors (Lipinski definition) is 6. The van der Waals surface area contributed by atoms with Crippen LogP contribution in [0.25, 0.3) is 11.5 Å². The molecule has 18 heavy (non-hydrogen) atoms. The van der Waals surface area contributed by atoms with Gasteiger partial charge in [0.25, 0.3) is 5.89 Å². The number of hydrogen-bond donors (Lipinski definition) is 0. The van der Waals surface area contributed by atoms with Crippen molar-refractivity contribution in [1.82, 2.24) is 15.3 Å². The van der Waals surface area contributed by atoms with Gasteiger partial charge in [-0.3, -0.25) is 0 Å². The van der Waals surface area contributed by atoms with Crippen LogP contribution in [0.3, 0.4) is 0 Å². The summed E-state index contributed by atoms with van der Waals surface area (Å²) in [4.78, 5) is 4.45. The highest BCUT2D eigenvalue weighted by Crippen LogP contribution is 2.29. The SMILES string of the molecule is CCc1noc(C)c1-c1nc(C2CCOC2)no1. The van der Waals surface area contributed by atoms with Crippen molar-refractivity contribution in [2.24, 2.45) is 0 Å². The molecule has 0 aromatic carbocycles. The van der Waals surface area contributed by atoms with Crippen LogP contribution in [0.5, 0.6) is 0 Å². The molecule has 0 amide bonds. The Kier molecular flexibility index (Phi) is 2.87. The highest BCUT2D eigenvalue weighted by atomic mass is 16.5. The van der Waals surface area contributed by atoms with Crippen molar-refractivity contribution in [1.29, 1.82) is 0 Å². The summed E-state index contributed by atoms with van der Waals surface area (Å²) in [6.45, 7) is 5.30. The highest BCUT2D eigenvalue weighted by molar-refractivity contribution is 5.58. The van der Waals surface area contributed by atoms with E-state index in [4.69, 9.17) is 13.8 Å². The fraction of sp³-hybridized carbons (Fsp3) is 0.583. The fourth-order valence-corrected chi connectivity index (χ4v) is 2.17. The zero-order valence-corrected chi connectivity index (χ0v) is 10.5. The lowest BCUT2D eigenvalue weighted by Crippen LogP contribution is -1.99. The predicted molar refractivity (Wildman–Crippen MR) is 62.1 cm³/mol. The summed E-state index contributed by atoms with van der Waals surface area (Å²) in [7, 11) is 0. The number of rotatable bonds is 3. The van der Waals surface area contributed by atoms with Crippen molar-refractivity contribution in [2.75, 3.05) is 13.2 Å². The minimum atomic E-state index is 0.243. The third-order valence-electron chi connectivity index (χ3n) is 3.22. The fourth-order valence-electron chi connectivity index (χ4n) is 2.17. The Hall–Kier alpha value is -1.69. The molecule has 0 saturated carbocycles. The number of aryl methyl sites for hydroxylation is 2. The van der Waals surface area contributed by atoms with Gasteiger partial charge in [0.1, 0.15) is 11.3 Å². The molecule has 1 fully saturated rings. The predicted octanol–water partition coefficient (Wildman–Crippen LogP) is 2.10. The summed E-state index contributed by atoms with van der Waals surface area (Å²) in [5.41, 5.74) is 1.68. The maximum absolute atomic E-state index is 5.33. The van der Waals surface area contributed by atoms with Crippen molar-refractivity contribution in [2.45, 2.75) is 32.6 Å². The largest absolute Gasteiger partial charge is 0.381 e. The van der Waals surface area contributed by atoms with Gasteiger partial charge in [0, 0.05) is 12.5 Å². The van der Waals surface area contributed by atoms with E-state index in [9.17, 15) is 0 Å². The molecular weight excluding hydrogens is 234 g/mol. The van der Waals surface area contributed by atoms with Crippen molar-refractivity contribution in [3.8, 4) is 11.5 Å². The van der Waals surface area contributed by atoms with Crippen LogP contribution in [0.15, 0.2) is 9.05 Å². The van der Waals surface area contributed by atoms with Gasteiger partial charge in [0.15, 0.2) is 5.82 Å². The van der Waals surface area contributed by atoms with Crippen molar-refractivity contribution in [3.63, 3.8) is 0 Å². The van der Waals surface area contributed by atoms with E-state index in [0.717, 1.165) is 30.7 Å². The van der Waals surface area contributed by atoms with Crippen LogP contribution in [-0.4, -0.2) is 28.5 Å². The van der Waals surface area contributed by atoms with Crippen LogP contribution in [0.2, 0.25) is 0 Å². The zero-order valence-electron chi connectivity index (χ0n) is 10.5. The van der Waals surface area contributed by atoms with Gasteiger partial charge in [0.2, 0.25) is 0 Å². The highest BCUT2D eigenvalue weighted by Gasteiger charge is 2.25. The molecule has 6 heteroatoms. The van der Waals surface area contributed by atoms with Crippen LogP contribution >= 0.6 is 0 Å². The minimum absolute atomic E-state index is 0.243. The Morgan fingerprint density at radius 3 is 2.89 bits per heavy atom. The maximum atomic E-state index is 5.33. The van der Waals surface area contributed by atoms with E-state index in [2.05, 4.69) is 15.3 Å². The molecule has 2 aromatic rings. The molecular formula is C12H15N3O3. The molecule has 2 aromatic heterocycles. The molecule has 96 valence electrons. The Labute approximate surface area is 104 Å². The van der Waals surface area contributed by atoms with Gasteiger partial charge in [-0.05, 0) is 19.8 Å². The molecule has 3 heterocycles. The normalized spacial score (nSPS) is 19.6.